The van der Waals surface area contributed by atoms with Crippen LogP contribution < -0.4 is 5.73 Å². The maximum atomic E-state index is 6.21. The van der Waals surface area contributed by atoms with E-state index in [2.05, 4.69) is 42.2 Å². The number of hydrogen-bond donors (Lipinski definition) is 1. The van der Waals surface area contributed by atoms with Gasteiger partial charge in [0, 0.05) is 26.8 Å². The lowest BCUT2D eigenvalue weighted by atomic mass is 10.0. The van der Waals surface area contributed by atoms with E-state index in [-0.39, 0.29) is 6.04 Å². The van der Waals surface area contributed by atoms with Crippen molar-refractivity contribution in [3.8, 4) is 0 Å². The highest BCUT2D eigenvalue weighted by atomic mass is 79.9. The van der Waals surface area contributed by atoms with Gasteiger partial charge >= 0.3 is 0 Å². The molecule has 0 saturated carbocycles. The van der Waals surface area contributed by atoms with E-state index in [1.807, 2.05) is 25.1 Å². The fourth-order valence-corrected chi connectivity index (χ4v) is 3.61. The molecule has 0 spiro atoms. The maximum Gasteiger partial charge on any atom is 0.0897 e. The standard InChI is InChI=1S/C12H12Br2N2S/c1-7-16-9(6-17-7)5-12(15)10-3-2-8(13)4-11(10)14/h2-4,6,12H,5,15H2,1H3. The third-order valence-corrected chi connectivity index (χ3v) is 4.46. The van der Waals surface area contributed by atoms with Crippen LogP contribution in [-0.4, -0.2) is 4.98 Å². The summed E-state index contributed by atoms with van der Waals surface area (Å²) in [6, 6.07) is 6.03. The van der Waals surface area contributed by atoms with Gasteiger partial charge in [-0.3, -0.25) is 0 Å². The topological polar surface area (TPSA) is 38.9 Å². The molecule has 0 aliphatic rings. The number of nitrogens with two attached hydrogens (primary N) is 1. The van der Waals surface area contributed by atoms with Crippen LogP contribution >= 0.6 is 43.2 Å². The van der Waals surface area contributed by atoms with Gasteiger partial charge in [-0.15, -0.1) is 11.3 Å². The van der Waals surface area contributed by atoms with E-state index in [9.17, 15) is 0 Å². The van der Waals surface area contributed by atoms with E-state index in [0.29, 0.717) is 0 Å². The molecule has 1 aromatic heterocycles. The maximum absolute atomic E-state index is 6.21. The molecular weight excluding hydrogens is 364 g/mol. The smallest absolute Gasteiger partial charge is 0.0897 e. The lowest BCUT2D eigenvalue weighted by molar-refractivity contribution is 0.705. The molecule has 0 bridgehead atoms. The number of aromatic nitrogens is 1. The fourth-order valence-electron chi connectivity index (χ4n) is 1.64. The van der Waals surface area contributed by atoms with Gasteiger partial charge in [0.15, 0.2) is 0 Å². The van der Waals surface area contributed by atoms with Gasteiger partial charge < -0.3 is 5.73 Å². The van der Waals surface area contributed by atoms with E-state index in [1.165, 1.54) is 0 Å². The van der Waals surface area contributed by atoms with E-state index in [1.54, 1.807) is 11.3 Å². The van der Waals surface area contributed by atoms with Crippen LogP contribution in [0.25, 0.3) is 0 Å². The molecule has 0 aliphatic carbocycles. The second kappa shape index (κ2) is 5.61. The largest absolute Gasteiger partial charge is 0.324 e. The van der Waals surface area contributed by atoms with Crippen LogP contribution in [0.4, 0.5) is 0 Å². The zero-order valence-corrected chi connectivity index (χ0v) is 13.3. The number of nitrogens with zero attached hydrogens (tertiary/aromatic N) is 1. The SMILES string of the molecule is Cc1nc(CC(N)c2ccc(Br)cc2Br)cs1. The summed E-state index contributed by atoms with van der Waals surface area (Å²) in [5.41, 5.74) is 8.38. The Hall–Kier alpha value is -0.230. The normalized spacial score (nSPS) is 12.7. The van der Waals surface area contributed by atoms with Gasteiger partial charge in [0.1, 0.15) is 0 Å². The molecule has 2 aromatic rings. The molecule has 5 heteroatoms. The Morgan fingerprint density at radius 2 is 2.18 bits per heavy atom. The van der Waals surface area contributed by atoms with E-state index in [4.69, 9.17) is 5.73 Å². The molecule has 0 saturated heterocycles. The van der Waals surface area contributed by atoms with Crippen LogP contribution in [0.1, 0.15) is 22.3 Å². The number of benzene rings is 1. The first-order valence-corrected chi connectivity index (χ1v) is 7.64. The number of halogens is 2. The van der Waals surface area contributed by atoms with Crippen molar-refractivity contribution in [3.05, 3.63) is 48.8 Å². The zero-order valence-electron chi connectivity index (χ0n) is 9.28. The Labute approximate surface area is 122 Å². The Morgan fingerprint density at radius 1 is 1.41 bits per heavy atom. The molecule has 1 aromatic carbocycles. The summed E-state index contributed by atoms with van der Waals surface area (Å²) in [7, 11) is 0. The summed E-state index contributed by atoms with van der Waals surface area (Å²) in [6.45, 7) is 2.01. The molecular formula is C12H12Br2N2S. The minimum atomic E-state index is -0.0287. The second-order valence-corrected chi connectivity index (χ2v) is 6.67. The highest BCUT2D eigenvalue weighted by Gasteiger charge is 2.12. The molecule has 17 heavy (non-hydrogen) atoms. The van der Waals surface area contributed by atoms with Crippen molar-refractivity contribution in [1.29, 1.82) is 0 Å². The van der Waals surface area contributed by atoms with E-state index < -0.39 is 0 Å². The van der Waals surface area contributed by atoms with Crippen molar-refractivity contribution >= 4 is 43.2 Å². The first kappa shape index (κ1) is 13.2. The lowest BCUT2D eigenvalue weighted by Crippen LogP contribution is -2.14. The summed E-state index contributed by atoms with van der Waals surface area (Å²) in [4.78, 5) is 4.44. The van der Waals surface area contributed by atoms with Crippen molar-refractivity contribution in [2.45, 2.75) is 19.4 Å². The highest BCUT2D eigenvalue weighted by Crippen LogP contribution is 2.27. The van der Waals surface area contributed by atoms with Crippen LogP contribution in [0.15, 0.2) is 32.5 Å². The number of hydrogen-bond acceptors (Lipinski definition) is 3. The Kier molecular flexibility index (Phi) is 4.36. The van der Waals surface area contributed by atoms with Crippen molar-refractivity contribution in [2.24, 2.45) is 5.73 Å². The Bertz CT molecular complexity index is 525. The average molecular weight is 376 g/mol. The summed E-state index contributed by atoms with van der Waals surface area (Å²) in [6.07, 6.45) is 0.768. The van der Waals surface area contributed by atoms with Crippen LogP contribution in [0, 0.1) is 6.92 Å². The van der Waals surface area contributed by atoms with Gasteiger partial charge in [-0.05, 0) is 24.6 Å². The Morgan fingerprint density at radius 3 is 2.76 bits per heavy atom. The van der Waals surface area contributed by atoms with Gasteiger partial charge in [0.25, 0.3) is 0 Å². The fraction of sp³-hybridized carbons (Fsp3) is 0.250. The minimum Gasteiger partial charge on any atom is -0.324 e. The number of aryl methyl sites for hydroxylation is 1. The van der Waals surface area contributed by atoms with Gasteiger partial charge in [0.2, 0.25) is 0 Å². The van der Waals surface area contributed by atoms with Crippen LogP contribution in [0.5, 0.6) is 0 Å². The first-order chi connectivity index (χ1) is 8.06. The van der Waals surface area contributed by atoms with Crippen LogP contribution in [-0.2, 0) is 6.42 Å². The number of rotatable bonds is 3. The van der Waals surface area contributed by atoms with Gasteiger partial charge in [-0.2, -0.15) is 0 Å². The number of thiazole rings is 1. The molecule has 1 heterocycles. The molecule has 0 aliphatic heterocycles. The molecule has 2 N–H and O–H groups in total. The summed E-state index contributed by atoms with van der Waals surface area (Å²) in [5.74, 6) is 0. The first-order valence-electron chi connectivity index (χ1n) is 5.18. The lowest BCUT2D eigenvalue weighted by Gasteiger charge is -2.12. The van der Waals surface area contributed by atoms with Crippen molar-refractivity contribution in [1.82, 2.24) is 4.98 Å². The third-order valence-electron chi connectivity index (χ3n) is 2.46. The van der Waals surface area contributed by atoms with E-state index >= 15 is 0 Å². The minimum absolute atomic E-state index is 0.0287. The summed E-state index contributed by atoms with van der Waals surface area (Å²) >= 11 is 8.63. The third kappa shape index (κ3) is 3.37. The summed E-state index contributed by atoms with van der Waals surface area (Å²) in [5, 5.41) is 3.16. The molecule has 2 nitrogen and oxygen atoms in total. The predicted molar refractivity (Wildman–Crippen MR) is 79.3 cm³/mol. The van der Waals surface area contributed by atoms with Crippen molar-refractivity contribution < 1.29 is 0 Å². The van der Waals surface area contributed by atoms with E-state index in [0.717, 1.165) is 31.6 Å². The van der Waals surface area contributed by atoms with Crippen LogP contribution in [0.3, 0.4) is 0 Å². The van der Waals surface area contributed by atoms with Crippen molar-refractivity contribution in [3.63, 3.8) is 0 Å². The van der Waals surface area contributed by atoms with Gasteiger partial charge in [-0.1, -0.05) is 37.9 Å². The molecule has 90 valence electrons. The highest BCUT2D eigenvalue weighted by molar-refractivity contribution is 9.11. The molecule has 1 atom stereocenters. The molecule has 2 rings (SSSR count). The molecule has 0 fully saturated rings. The molecule has 1 unspecified atom stereocenters. The van der Waals surface area contributed by atoms with Gasteiger partial charge in [0.05, 0.1) is 10.7 Å². The summed E-state index contributed by atoms with van der Waals surface area (Å²) < 4.78 is 2.08. The monoisotopic (exact) mass is 374 g/mol. The van der Waals surface area contributed by atoms with Crippen molar-refractivity contribution in [2.75, 3.05) is 0 Å². The van der Waals surface area contributed by atoms with Gasteiger partial charge in [-0.25, -0.2) is 4.98 Å². The Balaban J connectivity index is 2.17. The zero-order chi connectivity index (χ0) is 12.4. The quantitative estimate of drug-likeness (QED) is 0.872. The predicted octanol–water partition coefficient (Wildman–Crippen LogP) is 4.22. The molecule has 0 radical (unpaired) electrons. The molecule has 0 amide bonds. The second-order valence-electron chi connectivity index (χ2n) is 3.83. The average Bonchev–Trinajstić information content (AvgIpc) is 2.63. The van der Waals surface area contributed by atoms with Crippen LogP contribution in [0.2, 0.25) is 0 Å².